The second kappa shape index (κ2) is 10.6. The van der Waals surface area contributed by atoms with Crippen LogP contribution in [-0.2, 0) is 19.4 Å². The van der Waals surface area contributed by atoms with Gasteiger partial charge < -0.3 is 19.4 Å². The van der Waals surface area contributed by atoms with Gasteiger partial charge in [-0.2, -0.15) is 0 Å². The average Bonchev–Trinajstić information content (AvgIpc) is 2.79. The zero-order valence-electron chi connectivity index (χ0n) is 18.8. The molecular weight excluding hydrogens is 408 g/mol. The van der Waals surface area contributed by atoms with Gasteiger partial charge in [0, 0.05) is 43.8 Å². The Kier molecular flexibility index (Phi) is 7.59. The van der Waals surface area contributed by atoms with Gasteiger partial charge in [0.05, 0.1) is 19.9 Å². The molecule has 0 radical (unpaired) electrons. The fraction of sp³-hybridized carbons (Fsp3) is 0.333. The van der Waals surface area contributed by atoms with Gasteiger partial charge in [-0.25, -0.2) is 0 Å². The molecule has 2 heterocycles. The number of nitrogens with one attached hydrogen (secondary N) is 1. The van der Waals surface area contributed by atoms with E-state index in [-0.39, 0.29) is 23.1 Å². The van der Waals surface area contributed by atoms with Crippen molar-refractivity contribution in [3.05, 3.63) is 81.8 Å². The van der Waals surface area contributed by atoms with Gasteiger partial charge in [-0.3, -0.25) is 19.6 Å². The average molecular weight is 437 g/mol. The van der Waals surface area contributed by atoms with Crippen molar-refractivity contribution in [2.24, 2.45) is 0 Å². The van der Waals surface area contributed by atoms with E-state index in [0.717, 1.165) is 11.3 Å². The Hall–Kier alpha value is -3.68. The molecule has 8 nitrogen and oxygen atoms in total. The maximum absolute atomic E-state index is 13.1. The lowest BCUT2D eigenvalue weighted by atomic mass is 10.1. The molecule has 0 saturated carbocycles. The largest absolute Gasteiger partial charge is 0.493 e. The quantitative estimate of drug-likeness (QED) is 0.554. The molecule has 3 aromatic rings. The second-order valence-corrected chi connectivity index (χ2v) is 7.59. The normalized spacial score (nSPS) is 11.6. The molecule has 1 atom stereocenters. The molecule has 0 aliphatic heterocycles. The molecule has 1 aromatic carbocycles. The first-order valence-electron chi connectivity index (χ1n) is 10.4. The van der Waals surface area contributed by atoms with Crippen LogP contribution < -0.4 is 20.3 Å². The number of amides is 1. The number of methoxy groups -OCH3 is 2. The molecule has 3 rings (SSSR count). The summed E-state index contributed by atoms with van der Waals surface area (Å²) in [5.74, 6) is 0.904. The number of pyridine rings is 1. The van der Waals surface area contributed by atoms with E-state index in [9.17, 15) is 9.59 Å². The lowest BCUT2D eigenvalue weighted by molar-refractivity contribution is 0.0937. The van der Waals surface area contributed by atoms with Crippen LogP contribution in [-0.4, -0.2) is 40.7 Å². The van der Waals surface area contributed by atoms with Gasteiger partial charge in [-0.1, -0.05) is 6.07 Å². The summed E-state index contributed by atoms with van der Waals surface area (Å²) in [4.78, 5) is 34.2. The second-order valence-electron chi connectivity index (χ2n) is 7.59. The van der Waals surface area contributed by atoms with Crippen LogP contribution in [0.1, 0.15) is 34.1 Å². The van der Waals surface area contributed by atoms with Crippen LogP contribution in [0.25, 0.3) is 0 Å². The standard InChI is InChI=1S/C24H28N4O4/c1-16-7-11-28(12-8-18-5-6-20(31-3)21(14-18)32-4)24(30)22(16)23(29)27-17(2)13-19-15-25-9-10-26-19/h5-7,9-11,14-15,17H,8,12-13H2,1-4H3,(H,27,29). The first-order chi connectivity index (χ1) is 15.4. The van der Waals surface area contributed by atoms with Gasteiger partial charge in [0.2, 0.25) is 0 Å². The molecule has 0 bridgehead atoms. The van der Waals surface area contributed by atoms with E-state index in [0.29, 0.717) is 36.4 Å². The number of rotatable bonds is 9. The highest BCUT2D eigenvalue weighted by Crippen LogP contribution is 2.27. The molecule has 0 aliphatic carbocycles. The van der Waals surface area contributed by atoms with Crippen molar-refractivity contribution in [1.29, 1.82) is 0 Å². The van der Waals surface area contributed by atoms with Crippen LogP contribution in [0, 0.1) is 6.92 Å². The Balaban J connectivity index is 1.72. The van der Waals surface area contributed by atoms with Gasteiger partial charge in [-0.05, 0) is 49.6 Å². The number of aryl methyl sites for hydroxylation is 3. The number of hydrogen-bond donors (Lipinski definition) is 1. The number of carbonyl (C=O) groups is 1. The van der Waals surface area contributed by atoms with E-state index >= 15 is 0 Å². The summed E-state index contributed by atoms with van der Waals surface area (Å²) in [6.45, 7) is 4.08. The number of benzene rings is 1. The van der Waals surface area contributed by atoms with Crippen LogP contribution in [0.5, 0.6) is 11.5 Å². The molecule has 1 N–H and O–H groups in total. The minimum absolute atomic E-state index is 0.158. The summed E-state index contributed by atoms with van der Waals surface area (Å²) in [6, 6.07) is 7.25. The zero-order valence-corrected chi connectivity index (χ0v) is 18.8. The Labute approximate surface area is 187 Å². The van der Waals surface area contributed by atoms with Crippen molar-refractivity contribution < 1.29 is 14.3 Å². The van der Waals surface area contributed by atoms with Gasteiger partial charge in [0.15, 0.2) is 11.5 Å². The third-order valence-electron chi connectivity index (χ3n) is 5.20. The molecule has 8 heteroatoms. The predicted molar refractivity (Wildman–Crippen MR) is 121 cm³/mol. The number of carbonyl (C=O) groups excluding carboxylic acids is 1. The highest BCUT2D eigenvalue weighted by atomic mass is 16.5. The monoisotopic (exact) mass is 436 g/mol. The molecule has 0 fully saturated rings. The lowest BCUT2D eigenvalue weighted by Gasteiger charge is -2.15. The smallest absolute Gasteiger partial charge is 0.263 e. The summed E-state index contributed by atoms with van der Waals surface area (Å²) in [5.41, 5.74) is 2.26. The van der Waals surface area contributed by atoms with Crippen LogP contribution in [0.15, 0.2) is 53.8 Å². The van der Waals surface area contributed by atoms with Crippen molar-refractivity contribution in [3.8, 4) is 11.5 Å². The molecule has 0 aliphatic rings. The van der Waals surface area contributed by atoms with E-state index in [1.807, 2.05) is 25.1 Å². The molecule has 32 heavy (non-hydrogen) atoms. The Bertz CT molecular complexity index is 1130. The van der Waals surface area contributed by atoms with Crippen LogP contribution >= 0.6 is 0 Å². The maximum Gasteiger partial charge on any atom is 0.263 e. The first-order valence-corrected chi connectivity index (χ1v) is 10.4. The van der Waals surface area contributed by atoms with Crippen LogP contribution in [0.3, 0.4) is 0 Å². The fourth-order valence-electron chi connectivity index (χ4n) is 3.50. The number of hydrogen-bond acceptors (Lipinski definition) is 6. The summed E-state index contributed by atoms with van der Waals surface area (Å²) in [5, 5.41) is 2.90. The molecule has 0 spiro atoms. The Morgan fingerprint density at radius 3 is 2.62 bits per heavy atom. The Morgan fingerprint density at radius 1 is 1.16 bits per heavy atom. The third-order valence-corrected chi connectivity index (χ3v) is 5.20. The van der Waals surface area contributed by atoms with E-state index < -0.39 is 0 Å². The van der Waals surface area contributed by atoms with E-state index in [4.69, 9.17) is 9.47 Å². The molecule has 168 valence electrons. The minimum Gasteiger partial charge on any atom is -0.493 e. The number of ether oxygens (including phenoxy) is 2. The molecule has 2 aromatic heterocycles. The summed E-state index contributed by atoms with van der Waals surface area (Å²) < 4.78 is 12.2. The fourth-order valence-corrected chi connectivity index (χ4v) is 3.50. The van der Waals surface area contributed by atoms with Crippen LogP contribution in [0.4, 0.5) is 0 Å². The summed E-state index contributed by atoms with van der Waals surface area (Å²) in [7, 11) is 3.17. The summed E-state index contributed by atoms with van der Waals surface area (Å²) >= 11 is 0. The highest BCUT2D eigenvalue weighted by molar-refractivity contribution is 5.95. The predicted octanol–water partition coefficient (Wildman–Crippen LogP) is 2.57. The maximum atomic E-state index is 13.1. The van der Waals surface area contributed by atoms with E-state index in [1.165, 1.54) is 0 Å². The van der Waals surface area contributed by atoms with Crippen molar-refractivity contribution >= 4 is 5.91 Å². The third kappa shape index (κ3) is 5.51. The van der Waals surface area contributed by atoms with Crippen molar-refractivity contribution in [1.82, 2.24) is 19.9 Å². The van der Waals surface area contributed by atoms with Gasteiger partial charge in [0.25, 0.3) is 11.5 Å². The molecule has 1 unspecified atom stereocenters. The van der Waals surface area contributed by atoms with Crippen LogP contribution in [0.2, 0.25) is 0 Å². The van der Waals surface area contributed by atoms with Crippen molar-refractivity contribution in [3.63, 3.8) is 0 Å². The highest BCUT2D eigenvalue weighted by Gasteiger charge is 2.18. The first kappa shape index (κ1) is 23.0. The minimum atomic E-state index is -0.385. The lowest BCUT2D eigenvalue weighted by Crippen LogP contribution is -2.39. The number of aromatic nitrogens is 3. The van der Waals surface area contributed by atoms with Gasteiger partial charge >= 0.3 is 0 Å². The molecule has 0 saturated heterocycles. The van der Waals surface area contributed by atoms with E-state index in [1.54, 1.807) is 56.6 Å². The van der Waals surface area contributed by atoms with Crippen molar-refractivity contribution in [2.75, 3.05) is 14.2 Å². The molecular formula is C24H28N4O4. The summed E-state index contributed by atoms with van der Waals surface area (Å²) in [6.07, 6.45) is 7.73. The van der Waals surface area contributed by atoms with Gasteiger partial charge in [-0.15, -0.1) is 0 Å². The van der Waals surface area contributed by atoms with Crippen molar-refractivity contribution in [2.45, 2.75) is 39.3 Å². The molecule has 1 amide bonds. The topological polar surface area (TPSA) is 95.3 Å². The van der Waals surface area contributed by atoms with Gasteiger partial charge in [0.1, 0.15) is 5.56 Å². The zero-order chi connectivity index (χ0) is 23.1. The number of nitrogens with zero attached hydrogens (tertiary/aromatic N) is 3. The SMILES string of the molecule is COc1ccc(CCn2ccc(C)c(C(=O)NC(C)Cc3cnccn3)c2=O)cc1OC. The van der Waals surface area contributed by atoms with E-state index in [2.05, 4.69) is 15.3 Å². The Morgan fingerprint density at radius 2 is 1.94 bits per heavy atom.